The minimum atomic E-state index is -0.243. The number of nitrogens with two attached hydrogens (primary N) is 1. The number of benzene rings is 1. The van der Waals surface area contributed by atoms with Crippen molar-refractivity contribution in [2.75, 3.05) is 5.84 Å². The Bertz CT molecular complexity index is 1140. The molecule has 0 amide bonds. The van der Waals surface area contributed by atoms with Crippen LogP contribution in [0.1, 0.15) is 20.9 Å². The molecule has 0 aliphatic carbocycles. The molecule has 0 saturated heterocycles. The predicted octanol–water partition coefficient (Wildman–Crippen LogP) is 2.02. The summed E-state index contributed by atoms with van der Waals surface area (Å²) < 4.78 is 2.66. The summed E-state index contributed by atoms with van der Waals surface area (Å²) >= 11 is 1.33. The van der Waals surface area contributed by atoms with E-state index in [1.807, 2.05) is 36.6 Å². The molecule has 0 bridgehead atoms. The number of aromatic nitrogens is 4. The zero-order valence-corrected chi connectivity index (χ0v) is 14.1. The van der Waals surface area contributed by atoms with Gasteiger partial charge in [0.1, 0.15) is 12.0 Å². The second kappa shape index (κ2) is 5.67. The number of hydrogen-bond acceptors (Lipinski definition) is 6. The van der Waals surface area contributed by atoms with Crippen LogP contribution in [0.25, 0.3) is 16.7 Å². The highest BCUT2D eigenvalue weighted by molar-refractivity contribution is 7.12. The first-order valence-electron chi connectivity index (χ1n) is 7.51. The molecule has 8 heteroatoms. The van der Waals surface area contributed by atoms with Crippen LogP contribution in [0.4, 0.5) is 0 Å². The van der Waals surface area contributed by atoms with Crippen molar-refractivity contribution in [3.63, 3.8) is 0 Å². The molecule has 0 saturated carbocycles. The lowest BCUT2D eigenvalue weighted by Gasteiger charge is -2.03. The van der Waals surface area contributed by atoms with Crippen LogP contribution in [0.3, 0.4) is 0 Å². The van der Waals surface area contributed by atoms with E-state index in [1.165, 1.54) is 17.7 Å². The highest BCUT2D eigenvalue weighted by Gasteiger charge is 2.23. The molecule has 124 valence electrons. The Labute approximate surface area is 146 Å². The summed E-state index contributed by atoms with van der Waals surface area (Å²) in [5, 5.41) is 14.9. The topological polar surface area (TPSA) is 103 Å². The molecule has 0 radical (unpaired) electrons. The zero-order valence-electron chi connectivity index (χ0n) is 13.3. The number of carbonyl (C=O) groups excluding carboxylic acids is 1. The third-order valence-electron chi connectivity index (χ3n) is 3.90. The van der Waals surface area contributed by atoms with Gasteiger partial charge in [-0.3, -0.25) is 10.2 Å². The average molecular weight is 350 g/mol. The summed E-state index contributed by atoms with van der Waals surface area (Å²) in [5.74, 6) is 5.52. The highest BCUT2D eigenvalue weighted by atomic mass is 32.1. The minimum absolute atomic E-state index is 0.0109. The van der Waals surface area contributed by atoms with Crippen molar-refractivity contribution in [2.24, 2.45) is 0 Å². The molecule has 25 heavy (non-hydrogen) atoms. The number of carbonyl (C=O) groups is 1. The zero-order chi connectivity index (χ0) is 17.6. The van der Waals surface area contributed by atoms with E-state index in [0.717, 1.165) is 15.9 Å². The Morgan fingerprint density at radius 1 is 1.24 bits per heavy atom. The van der Waals surface area contributed by atoms with E-state index in [1.54, 1.807) is 16.8 Å². The number of ketones is 1. The lowest BCUT2D eigenvalue weighted by molar-refractivity contribution is 0.103. The molecule has 1 aromatic carbocycles. The van der Waals surface area contributed by atoms with Gasteiger partial charge in [-0.15, -0.1) is 11.3 Å². The highest BCUT2D eigenvalue weighted by Crippen LogP contribution is 2.22. The third kappa shape index (κ3) is 2.43. The quantitative estimate of drug-likeness (QED) is 0.436. The molecule has 0 unspecified atom stereocenters. The van der Waals surface area contributed by atoms with E-state index in [9.17, 15) is 4.79 Å². The summed E-state index contributed by atoms with van der Waals surface area (Å²) in [4.78, 5) is 17.7. The van der Waals surface area contributed by atoms with Crippen molar-refractivity contribution >= 4 is 28.2 Å². The number of rotatable bonds is 3. The largest absolute Gasteiger partial charge is 0.336 e. The number of fused-ring (bicyclic) bond motifs is 1. The summed E-state index contributed by atoms with van der Waals surface area (Å²) in [7, 11) is 0. The van der Waals surface area contributed by atoms with Crippen molar-refractivity contribution in [3.05, 3.63) is 69.7 Å². The Morgan fingerprint density at radius 2 is 2.00 bits per heavy atom. The van der Waals surface area contributed by atoms with Gasteiger partial charge in [-0.05, 0) is 30.5 Å². The molecule has 4 aromatic rings. The lowest BCUT2D eigenvalue weighted by atomic mass is 10.2. The maximum absolute atomic E-state index is 12.9. The number of thiophene rings is 1. The van der Waals surface area contributed by atoms with E-state index in [-0.39, 0.29) is 17.0 Å². The van der Waals surface area contributed by atoms with Gasteiger partial charge in [-0.25, -0.2) is 14.3 Å². The Kier molecular flexibility index (Phi) is 3.47. The Hall–Kier alpha value is -3.26. The monoisotopic (exact) mass is 350 g/mol. The number of nitrogens with zero attached hydrogens (tertiary/aromatic N) is 4. The van der Waals surface area contributed by atoms with Crippen LogP contribution < -0.4 is 11.3 Å². The summed E-state index contributed by atoms with van der Waals surface area (Å²) in [6.45, 7) is 1.99. The SMILES string of the molecule is Cc1ccc(-n2nc(C(=O)c3cccs3)c3c(=N)n(N)cnc32)cc1. The van der Waals surface area contributed by atoms with Crippen molar-refractivity contribution < 1.29 is 4.79 Å². The fourth-order valence-corrected chi connectivity index (χ4v) is 3.26. The van der Waals surface area contributed by atoms with Gasteiger partial charge in [0.15, 0.2) is 11.1 Å². The second-order valence-corrected chi connectivity index (χ2v) is 6.55. The molecular weight excluding hydrogens is 336 g/mol. The maximum atomic E-state index is 12.9. The maximum Gasteiger partial charge on any atom is 0.223 e. The number of nitrogens with one attached hydrogen (secondary N) is 1. The second-order valence-electron chi connectivity index (χ2n) is 5.60. The van der Waals surface area contributed by atoms with E-state index < -0.39 is 0 Å². The van der Waals surface area contributed by atoms with Gasteiger partial charge in [0.2, 0.25) is 5.78 Å². The molecular formula is C17H14N6OS. The van der Waals surface area contributed by atoms with Gasteiger partial charge in [0.05, 0.1) is 16.0 Å². The number of aryl methyl sites for hydroxylation is 1. The van der Waals surface area contributed by atoms with Crippen LogP contribution in [-0.2, 0) is 0 Å². The van der Waals surface area contributed by atoms with Crippen LogP contribution >= 0.6 is 11.3 Å². The van der Waals surface area contributed by atoms with Gasteiger partial charge in [0, 0.05) is 0 Å². The predicted molar refractivity (Wildman–Crippen MR) is 95.3 cm³/mol. The van der Waals surface area contributed by atoms with Crippen molar-refractivity contribution in [1.82, 2.24) is 19.4 Å². The first kappa shape index (κ1) is 15.3. The first-order chi connectivity index (χ1) is 12.1. The van der Waals surface area contributed by atoms with Gasteiger partial charge < -0.3 is 5.84 Å². The van der Waals surface area contributed by atoms with Crippen LogP contribution in [-0.4, -0.2) is 25.2 Å². The van der Waals surface area contributed by atoms with E-state index >= 15 is 0 Å². The van der Waals surface area contributed by atoms with Crippen molar-refractivity contribution in [1.29, 1.82) is 5.41 Å². The van der Waals surface area contributed by atoms with E-state index in [4.69, 9.17) is 11.3 Å². The summed E-state index contributed by atoms with van der Waals surface area (Å²) in [5.41, 5.74) is 2.47. The number of nitrogen functional groups attached to an aromatic ring is 1. The number of hydrogen-bond donors (Lipinski definition) is 2. The summed E-state index contributed by atoms with van der Waals surface area (Å²) in [6, 6.07) is 11.3. The molecule has 0 fully saturated rings. The first-order valence-corrected chi connectivity index (χ1v) is 8.39. The molecule has 0 atom stereocenters. The molecule has 0 aliphatic rings. The van der Waals surface area contributed by atoms with Gasteiger partial charge in [-0.2, -0.15) is 5.10 Å². The van der Waals surface area contributed by atoms with Gasteiger partial charge in [-0.1, -0.05) is 23.8 Å². The molecule has 0 aliphatic heterocycles. The molecule has 4 rings (SSSR count). The van der Waals surface area contributed by atoms with Crippen LogP contribution in [0.5, 0.6) is 0 Å². The van der Waals surface area contributed by atoms with Crippen molar-refractivity contribution in [3.8, 4) is 5.69 Å². The normalized spacial score (nSPS) is 11.1. The van der Waals surface area contributed by atoms with E-state index in [2.05, 4.69) is 10.1 Å². The smallest absolute Gasteiger partial charge is 0.223 e. The Morgan fingerprint density at radius 3 is 2.68 bits per heavy atom. The fourth-order valence-electron chi connectivity index (χ4n) is 2.60. The van der Waals surface area contributed by atoms with E-state index in [0.29, 0.717) is 15.9 Å². The van der Waals surface area contributed by atoms with Gasteiger partial charge >= 0.3 is 0 Å². The molecule has 0 spiro atoms. The molecule has 3 aromatic heterocycles. The van der Waals surface area contributed by atoms with Gasteiger partial charge in [0.25, 0.3) is 0 Å². The van der Waals surface area contributed by atoms with Crippen LogP contribution in [0.15, 0.2) is 48.1 Å². The molecule has 3 heterocycles. The van der Waals surface area contributed by atoms with Crippen molar-refractivity contribution in [2.45, 2.75) is 6.92 Å². The van der Waals surface area contributed by atoms with Crippen LogP contribution in [0.2, 0.25) is 0 Å². The lowest BCUT2D eigenvalue weighted by Crippen LogP contribution is -2.28. The Balaban J connectivity index is 2.03. The fraction of sp³-hybridized carbons (Fsp3) is 0.0588. The third-order valence-corrected chi connectivity index (χ3v) is 4.77. The van der Waals surface area contributed by atoms with Crippen LogP contribution in [0, 0.1) is 12.3 Å². The standard InChI is InChI=1S/C17H14N6OS/c1-10-4-6-11(7-5-10)23-17-13(16(18)22(19)9-20-17)14(21-23)15(24)12-3-2-8-25-12/h2-9,18H,19H2,1H3. The molecule has 7 nitrogen and oxygen atoms in total. The average Bonchev–Trinajstić information content (AvgIpc) is 3.26. The summed E-state index contributed by atoms with van der Waals surface area (Å²) in [6.07, 6.45) is 1.34. The minimum Gasteiger partial charge on any atom is -0.336 e. The molecule has 3 N–H and O–H groups in total.